The first-order chi connectivity index (χ1) is 17.0. The van der Waals surface area contributed by atoms with Crippen molar-refractivity contribution >= 4 is 41.2 Å². The Hall–Kier alpha value is -3.62. The molecule has 1 atom stereocenters. The van der Waals surface area contributed by atoms with Crippen LogP contribution in [0.5, 0.6) is 5.06 Å². The van der Waals surface area contributed by atoms with E-state index >= 15 is 0 Å². The quantitative estimate of drug-likeness (QED) is 0.418. The van der Waals surface area contributed by atoms with Crippen LogP contribution in [0.1, 0.15) is 42.1 Å². The van der Waals surface area contributed by atoms with E-state index in [-0.39, 0.29) is 17.3 Å². The number of rotatable bonds is 4. The van der Waals surface area contributed by atoms with E-state index in [1.807, 2.05) is 37.3 Å². The number of benzene rings is 1. The molecule has 1 aliphatic heterocycles. The van der Waals surface area contributed by atoms with E-state index in [9.17, 15) is 9.59 Å². The van der Waals surface area contributed by atoms with Gasteiger partial charge in [-0.2, -0.15) is 0 Å². The lowest BCUT2D eigenvalue weighted by molar-refractivity contribution is -0.133. The van der Waals surface area contributed by atoms with Gasteiger partial charge in [-0.1, -0.05) is 58.6 Å². The monoisotopic (exact) mass is 507 g/mol. The van der Waals surface area contributed by atoms with Crippen LogP contribution in [0, 0.1) is 17.3 Å². The maximum absolute atomic E-state index is 12.1. The summed E-state index contributed by atoms with van der Waals surface area (Å²) < 4.78 is 12.1. The Morgan fingerprint density at radius 2 is 2.06 bits per heavy atom. The number of carbonyl (C=O) groups is 2. The molecule has 0 radical (unpaired) electrons. The summed E-state index contributed by atoms with van der Waals surface area (Å²) in [6.45, 7) is 2.31. The molecule has 1 spiro atoms. The summed E-state index contributed by atoms with van der Waals surface area (Å²) in [5.41, 5.74) is 1.35. The Kier molecular flexibility index (Phi) is 6.08. The van der Waals surface area contributed by atoms with Crippen LogP contribution in [-0.4, -0.2) is 39.3 Å². The zero-order valence-electron chi connectivity index (χ0n) is 19.2. The summed E-state index contributed by atoms with van der Waals surface area (Å²) in [5.74, 6) is 7.40. The summed E-state index contributed by atoms with van der Waals surface area (Å²) in [6.07, 6.45) is 1.73. The number of ether oxygens (including phenoxy) is 2. The van der Waals surface area contributed by atoms with Gasteiger partial charge in [0.15, 0.2) is 27.3 Å². The number of fused-ring (bicyclic) bond motifs is 2. The maximum atomic E-state index is 12.1. The predicted molar refractivity (Wildman–Crippen MR) is 131 cm³/mol. The van der Waals surface area contributed by atoms with Crippen LogP contribution in [0.3, 0.4) is 0 Å². The minimum Gasteiger partial charge on any atom is -0.460 e. The fraction of sp³-hybridized carbons (Fsp3) is 0.292. The average Bonchev–Trinajstić information content (AvgIpc) is 3.51. The summed E-state index contributed by atoms with van der Waals surface area (Å²) in [4.78, 5) is 27.7. The van der Waals surface area contributed by atoms with Crippen LogP contribution < -0.4 is 10.1 Å². The van der Waals surface area contributed by atoms with Crippen molar-refractivity contribution in [3.05, 3.63) is 57.3 Å². The van der Waals surface area contributed by atoms with E-state index in [4.69, 9.17) is 9.47 Å². The third-order valence-electron chi connectivity index (χ3n) is 5.87. The van der Waals surface area contributed by atoms with Crippen LogP contribution in [-0.2, 0) is 21.4 Å². The molecular formula is C24H21N5O4S2. The normalized spacial score (nSPS) is 16.8. The van der Waals surface area contributed by atoms with Gasteiger partial charge in [0, 0.05) is 14.1 Å². The Morgan fingerprint density at radius 3 is 2.74 bits per heavy atom. The predicted octanol–water partition coefficient (Wildman–Crippen LogP) is 3.69. The zero-order valence-corrected chi connectivity index (χ0v) is 20.8. The molecule has 1 fully saturated rings. The van der Waals surface area contributed by atoms with Crippen LogP contribution in [0.2, 0.25) is 0 Å². The molecule has 1 N–H and O–H groups in total. The van der Waals surface area contributed by atoms with E-state index < -0.39 is 0 Å². The third-order valence-corrected chi connectivity index (χ3v) is 8.10. The van der Waals surface area contributed by atoms with Gasteiger partial charge >= 0.3 is 0 Å². The molecular weight excluding hydrogens is 486 g/mol. The Labute approximate surface area is 209 Å². The van der Waals surface area contributed by atoms with Crippen molar-refractivity contribution in [1.29, 1.82) is 0 Å². The largest absolute Gasteiger partial charge is 0.460 e. The van der Waals surface area contributed by atoms with Crippen molar-refractivity contribution in [2.24, 2.45) is 12.5 Å². The summed E-state index contributed by atoms with van der Waals surface area (Å²) >= 11 is 2.90. The molecule has 11 heteroatoms. The number of hydrogen-bond donors (Lipinski definition) is 1. The smallest absolute Gasteiger partial charge is 0.293 e. The van der Waals surface area contributed by atoms with Gasteiger partial charge in [-0.15, -0.1) is 5.10 Å². The van der Waals surface area contributed by atoms with Crippen LogP contribution in [0.25, 0.3) is 0 Å². The van der Waals surface area contributed by atoms with E-state index in [2.05, 4.69) is 32.5 Å². The van der Waals surface area contributed by atoms with Gasteiger partial charge in [0.25, 0.3) is 6.47 Å². The van der Waals surface area contributed by atoms with Crippen LogP contribution >= 0.6 is 23.1 Å². The van der Waals surface area contributed by atoms with Crippen molar-refractivity contribution < 1.29 is 19.1 Å². The minimum absolute atomic E-state index is 0.145. The maximum Gasteiger partial charge on any atom is 0.293 e. The second-order valence-corrected chi connectivity index (χ2v) is 10.0. The van der Waals surface area contributed by atoms with Gasteiger partial charge in [0.2, 0.25) is 10.8 Å². The van der Waals surface area contributed by atoms with E-state index in [0.29, 0.717) is 28.0 Å². The molecule has 35 heavy (non-hydrogen) atoms. The van der Waals surface area contributed by atoms with Gasteiger partial charge in [0.1, 0.15) is 6.10 Å². The van der Waals surface area contributed by atoms with Crippen molar-refractivity contribution in [3.63, 3.8) is 0 Å². The Morgan fingerprint density at radius 1 is 1.29 bits per heavy atom. The highest BCUT2D eigenvalue weighted by Crippen LogP contribution is 2.68. The van der Waals surface area contributed by atoms with Gasteiger partial charge in [-0.25, -0.2) is 9.67 Å². The number of hydrogen-bond acceptors (Lipinski definition) is 10. The fourth-order valence-electron chi connectivity index (χ4n) is 3.78. The molecule has 3 aliphatic rings. The van der Waals surface area contributed by atoms with Crippen molar-refractivity contribution in [3.8, 4) is 16.9 Å². The number of aromatic nitrogens is 4. The molecule has 2 aromatic heterocycles. The highest BCUT2D eigenvalue weighted by Gasteiger charge is 2.65. The van der Waals surface area contributed by atoms with E-state index in [1.165, 1.54) is 11.3 Å². The fourth-order valence-corrected chi connectivity index (χ4v) is 5.93. The molecule has 3 heterocycles. The molecule has 0 saturated heterocycles. The third kappa shape index (κ3) is 4.19. The standard InChI is InChI=1S/C15H11N5O2S2.C9H10O2/c1-16-12-7(18-19-20(12)2)3-4-8-17-13-14(23-8)22-9-10(21)15(5-6-15)11(9)24-13;1-8(11-7-10)9-5-3-2-4-6-9/h16H,5-6H2,1-2H3;2-8H,1H3. The second-order valence-electron chi connectivity index (χ2n) is 8.08. The molecule has 1 unspecified atom stereocenters. The number of allylic oxidation sites excluding steroid dienone is 2. The van der Waals surface area contributed by atoms with Crippen molar-refractivity contribution in [1.82, 2.24) is 20.0 Å². The number of nitrogens with zero attached hydrogens (tertiary/aromatic N) is 4. The Balaban J connectivity index is 0.000000195. The average molecular weight is 508 g/mol. The van der Waals surface area contributed by atoms with Gasteiger partial charge in [0.05, 0.1) is 10.3 Å². The molecule has 1 saturated carbocycles. The minimum atomic E-state index is -0.228. The first-order valence-electron chi connectivity index (χ1n) is 10.9. The van der Waals surface area contributed by atoms with Gasteiger partial charge < -0.3 is 14.8 Å². The first-order valence-corrected chi connectivity index (χ1v) is 12.5. The van der Waals surface area contributed by atoms with E-state index in [1.54, 1.807) is 30.5 Å². The lowest BCUT2D eigenvalue weighted by atomic mass is 9.87. The summed E-state index contributed by atoms with van der Waals surface area (Å²) in [5, 5.41) is 13.1. The number of Topliss-reactive ketones (excluding diaryl/α,β-unsaturated/α-hetero) is 1. The first kappa shape index (κ1) is 23.1. The molecule has 0 amide bonds. The zero-order chi connectivity index (χ0) is 24.6. The number of thioether (sulfide) groups is 1. The van der Waals surface area contributed by atoms with Gasteiger partial charge in [-0.3, -0.25) is 9.59 Å². The van der Waals surface area contributed by atoms with Crippen LogP contribution in [0.4, 0.5) is 5.82 Å². The second kappa shape index (κ2) is 9.20. The lowest BCUT2D eigenvalue weighted by Crippen LogP contribution is -2.35. The molecule has 3 aromatic rings. The molecule has 1 aromatic carbocycles. The molecule has 178 valence electrons. The SMILES string of the molecule is CC(OC=O)c1ccccc1.CNc1c(C#Cc2nc3c(s2)OC2=C(S3)C3(CC3)C2=O)nnn1C. The molecule has 2 aliphatic carbocycles. The number of nitrogens with one attached hydrogen (secondary N) is 1. The lowest BCUT2D eigenvalue weighted by Gasteiger charge is -2.32. The van der Waals surface area contributed by atoms with Gasteiger partial charge in [-0.05, 0) is 37.2 Å². The number of thiazole rings is 1. The van der Waals surface area contributed by atoms with Crippen molar-refractivity contribution in [2.75, 3.05) is 12.4 Å². The number of ketones is 1. The topological polar surface area (TPSA) is 108 Å². The van der Waals surface area contributed by atoms with E-state index in [0.717, 1.165) is 34.2 Å². The Bertz CT molecular complexity index is 1400. The molecule has 9 nitrogen and oxygen atoms in total. The van der Waals surface area contributed by atoms with Crippen molar-refractivity contribution in [2.45, 2.75) is 30.9 Å². The highest BCUT2D eigenvalue weighted by molar-refractivity contribution is 8.03. The number of anilines is 1. The number of carbonyl (C=O) groups excluding carboxylic acids is 2. The highest BCUT2D eigenvalue weighted by atomic mass is 32.2. The molecule has 0 bridgehead atoms. The summed E-state index contributed by atoms with van der Waals surface area (Å²) in [7, 11) is 3.59. The van der Waals surface area contributed by atoms with Crippen LogP contribution in [0.15, 0.2) is 46.0 Å². The molecule has 6 rings (SSSR count). The number of aryl methyl sites for hydroxylation is 1. The summed E-state index contributed by atoms with van der Waals surface area (Å²) in [6, 6.07) is 9.61.